The average Bonchev–Trinajstić information content (AvgIpc) is 3.14. The molecule has 1 aliphatic heterocycles. The van der Waals surface area contributed by atoms with Crippen molar-refractivity contribution in [1.29, 1.82) is 0 Å². The van der Waals surface area contributed by atoms with Gasteiger partial charge in [-0.15, -0.1) is 0 Å². The number of imide groups is 1. The zero-order valence-corrected chi connectivity index (χ0v) is 15.3. The first-order chi connectivity index (χ1) is 11.5. The number of nitrogens with one attached hydrogen (secondary N) is 1. The Kier molecular flexibility index (Phi) is 3.74. The summed E-state index contributed by atoms with van der Waals surface area (Å²) in [5.74, 6) is 1.65. The van der Waals surface area contributed by atoms with Gasteiger partial charge in [0, 0.05) is 11.0 Å². The van der Waals surface area contributed by atoms with E-state index < -0.39 is 11.6 Å². The summed E-state index contributed by atoms with van der Waals surface area (Å²) in [4.78, 5) is 30.7. The summed E-state index contributed by atoms with van der Waals surface area (Å²) in [7, 11) is 0. The van der Waals surface area contributed by atoms with Gasteiger partial charge in [-0.05, 0) is 26.8 Å². The highest BCUT2D eigenvalue weighted by Crippen LogP contribution is 2.33. The van der Waals surface area contributed by atoms with Crippen molar-refractivity contribution in [3.8, 4) is 0 Å². The first-order valence-corrected chi connectivity index (χ1v) is 8.07. The van der Waals surface area contributed by atoms with E-state index in [1.807, 2.05) is 20.8 Å². The van der Waals surface area contributed by atoms with Gasteiger partial charge in [-0.2, -0.15) is 4.98 Å². The van der Waals surface area contributed by atoms with E-state index in [0.29, 0.717) is 22.9 Å². The molecule has 0 radical (unpaired) electrons. The Balaban J connectivity index is 1.87. The number of carbonyl (C=O) groups is 2. The SMILES string of the molecule is Cc1cc(C2(C)NC(=O)N(Cc3nc(C(C)(C)C)no3)C2=O)c(C)o1. The van der Waals surface area contributed by atoms with E-state index in [2.05, 4.69) is 15.5 Å². The molecule has 8 nitrogen and oxygen atoms in total. The number of aryl methyl sites for hydroxylation is 2. The third-order valence-corrected chi connectivity index (χ3v) is 4.29. The molecule has 1 saturated heterocycles. The third-order valence-electron chi connectivity index (χ3n) is 4.29. The third kappa shape index (κ3) is 2.81. The molecule has 3 amide bonds. The van der Waals surface area contributed by atoms with E-state index in [9.17, 15) is 9.59 Å². The van der Waals surface area contributed by atoms with E-state index in [1.54, 1.807) is 26.8 Å². The summed E-state index contributed by atoms with van der Waals surface area (Å²) in [6.45, 7) is 11.0. The number of furan rings is 1. The maximum atomic E-state index is 12.9. The van der Waals surface area contributed by atoms with Crippen LogP contribution in [0.5, 0.6) is 0 Å². The van der Waals surface area contributed by atoms with E-state index in [-0.39, 0.29) is 23.8 Å². The van der Waals surface area contributed by atoms with Crippen LogP contribution in [0.3, 0.4) is 0 Å². The van der Waals surface area contributed by atoms with E-state index in [1.165, 1.54) is 0 Å². The first-order valence-electron chi connectivity index (χ1n) is 8.07. The van der Waals surface area contributed by atoms with E-state index >= 15 is 0 Å². The molecule has 25 heavy (non-hydrogen) atoms. The van der Waals surface area contributed by atoms with Crippen LogP contribution >= 0.6 is 0 Å². The summed E-state index contributed by atoms with van der Waals surface area (Å²) in [5.41, 5.74) is -0.808. The topological polar surface area (TPSA) is 101 Å². The molecular formula is C17H22N4O4. The number of nitrogens with zero attached hydrogens (tertiary/aromatic N) is 3. The highest BCUT2D eigenvalue weighted by atomic mass is 16.5. The summed E-state index contributed by atoms with van der Waals surface area (Å²) < 4.78 is 10.7. The lowest BCUT2D eigenvalue weighted by atomic mass is 9.92. The lowest BCUT2D eigenvalue weighted by Crippen LogP contribution is -2.41. The zero-order chi connectivity index (χ0) is 18.6. The molecule has 3 rings (SSSR count). The minimum atomic E-state index is -1.17. The highest BCUT2D eigenvalue weighted by molar-refractivity contribution is 6.07. The molecule has 1 fully saturated rings. The number of amides is 3. The van der Waals surface area contributed by atoms with Gasteiger partial charge in [0.2, 0.25) is 5.89 Å². The molecule has 1 aliphatic rings. The van der Waals surface area contributed by atoms with Crippen LogP contribution < -0.4 is 5.32 Å². The summed E-state index contributed by atoms with van der Waals surface area (Å²) in [6.07, 6.45) is 0. The molecular weight excluding hydrogens is 324 g/mol. The molecule has 134 valence electrons. The normalized spacial score (nSPS) is 21.1. The maximum absolute atomic E-state index is 12.9. The van der Waals surface area contributed by atoms with Gasteiger partial charge >= 0.3 is 6.03 Å². The van der Waals surface area contributed by atoms with Crippen molar-refractivity contribution in [2.45, 2.75) is 59.0 Å². The Labute approximate surface area is 145 Å². The minimum Gasteiger partial charge on any atom is -0.466 e. The van der Waals surface area contributed by atoms with E-state index in [4.69, 9.17) is 8.94 Å². The Morgan fingerprint density at radius 3 is 2.48 bits per heavy atom. The molecule has 0 spiro atoms. The lowest BCUT2D eigenvalue weighted by Gasteiger charge is -2.20. The molecule has 0 bridgehead atoms. The molecule has 0 aromatic carbocycles. The fourth-order valence-electron chi connectivity index (χ4n) is 2.91. The standard InChI is InChI=1S/C17H22N4O4/c1-9-7-11(10(2)24-9)17(6)14(22)21(15(23)19-17)8-12-18-13(20-25-12)16(3,4)5/h7H,8H2,1-6H3,(H,19,23). The van der Waals surface area contributed by atoms with Crippen LogP contribution in [-0.4, -0.2) is 27.0 Å². The van der Waals surface area contributed by atoms with Gasteiger partial charge in [-0.1, -0.05) is 25.9 Å². The Hall–Kier alpha value is -2.64. The second-order valence-electron chi connectivity index (χ2n) is 7.54. The molecule has 0 saturated carbocycles. The molecule has 0 aliphatic carbocycles. The van der Waals surface area contributed by atoms with E-state index in [0.717, 1.165) is 4.90 Å². The molecule has 8 heteroatoms. The Morgan fingerprint density at radius 1 is 1.28 bits per heavy atom. The van der Waals surface area contributed by atoms with Crippen LogP contribution in [0, 0.1) is 13.8 Å². The van der Waals surface area contributed by atoms with Crippen LogP contribution in [-0.2, 0) is 22.3 Å². The number of aromatic nitrogens is 2. The number of carbonyl (C=O) groups excluding carboxylic acids is 2. The predicted molar refractivity (Wildman–Crippen MR) is 87.6 cm³/mol. The smallest absolute Gasteiger partial charge is 0.325 e. The summed E-state index contributed by atoms with van der Waals surface area (Å²) in [6, 6.07) is 1.27. The molecule has 2 aromatic rings. The van der Waals surface area contributed by atoms with Crippen molar-refractivity contribution >= 4 is 11.9 Å². The van der Waals surface area contributed by atoms with Crippen molar-refractivity contribution in [2.75, 3.05) is 0 Å². The second-order valence-corrected chi connectivity index (χ2v) is 7.54. The quantitative estimate of drug-likeness (QED) is 0.857. The van der Waals surface area contributed by atoms with Gasteiger partial charge in [0.25, 0.3) is 5.91 Å². The number of rotatable bonds is 3. The highest BCUT2D eigenvalue weighted by Gasteiger charge is 2.51. The number of urea groups is 1. The van der Waals surface area contributed by atoms with Crippen LogP contribution in [0.4, 0.5) is 4.79 Å². The van der Waals surface area contributed by atoms with Crippen molar-refractivity contribution in [2.24, 2.45) is 0 Å². The number of hydrogen-bond donors (Lipinski definition) is 1. The van der Waals surface area contributed by atoms with Gasteiger partial charge in [0.15, 0.2) is 5.82 Å². The average molecular weight is 346 g/mol. The minimum absolute atomic E-state index is 0.0702. The monoisotopic (exact) mass is 346 g/mol. The van der Waals surface area contributed by atoms with Gasteiger partial charge in [0.05, 0.1) is 0 Å². The van der Waals surface area contributed by atoms with Gasteiger partial charge < -0.3 is 14.3 Å². The van der Waals surface area contributed by atoms with Gasteiger partial charge in [0.1, 0.15) is 23.6 Å². The molecule has 1 atom stereocenters. The predicted octanol–water partition coefficient (Wildman–Crippen LogP) is 2.54. The first kappa shape index (κ1) is 17.2. The fourth-order valence-corrected chi connectivity index (χ4v) is 2.91. The van der Waals surface area contributed by atoms with Crippen molar-refractivity contribution < 1.29 is 18.5 Å². The lowest BCUT2D eigenvalue weighted by molar-refractivity contribution is -0.131. The molecule has 2 aromatic heterocycles. The molecule has 3 heterocycles. The van der Waals surface area contributed by atoms with Crippen LogP contribution in [0.2, 0.25) is 0 Å². The zero-order valence-electron chi connectivity index (χ0n) is 15.3. The second kappa shape index (κ2) is 5.44. The van der Waals surface area contributed by atoms with Crippen molar-refractivity contribution in [3.63, 3.8) is 0 Å². The van der Waals surface area contributed by atoms with Gasteiger partial charge in [-0.25, -0.2) is 4.79 Å². The molecule has 1 unspecified atom stereocenters. The summed E-state index contributed by atoms with van der Waals surface area (Å²) >= 11 is 0. The fraction of sp³-hybridized carbons (Fsp3) is 0.529. The molecule has 1 N–H and O–H groups in total. The van der Waals surface area contributed by atoms with Crippen LogP contribution in [0.1, 0.15) is 56.5 Å². The Bertz CT molecular complexity index is 845. The number of hydrogen-bond acceptors (Lipinski definition) is 6. The maximum Gasteiger partial charge on any atom is 0.325 e. The van der Waals surface area contributed by atoms with Gasteiger partial charge in [-0.3, -0.25) is 9.69 Å². The van der Waals surface area contributed by atoms with Crippen LogP contribution in [0.25, 0.3) is 0 Å². The van der Waals surface area contributed by atoms with Crippen molar-refractivity contribution in [3.05, 3.63) is 34.9 Å². The summed E-state index contributed by atoms with van der Waals surface area (Å²) in [5, 5.41) is 6.67. The van der Waals surface area contributed by atoms with Crippen LogP contribution in [0.15, 0.2) is 15.0 Å². The van der Waals surface area contributed by atoms with Crippen molar-refractivity contribution in [1.82, 2.24) is 20.4 Å². The largest absolute Gasteiger partial charge is 0.466 e. The Morgan fingerprint density at radius 2 is 1.96 bits per heavy atom.